The largest absolute Gasteiger partial charge is 0.497 e. The van der Waals surface area contributed by atoms with Crippen LogP contribution in [0.3, 0.4) is 0 Å². The molecule has 2 bridgehead atoms. The number of methoxy groups -OCH3 is 1. The first-order valence-electron chi connectivity index (χ1n) is 10.8. The summed E-state index contributed by atoms with van der Waals surface area (Å²) in [6.45, 7) is 7.36. The molecule has 4 heterocycles. The number of ether oxygens (including phenoxy) is 2. The van der Waals surface area contributed by atoms with Crippen LogP contribution in [0.4, 0.5) is 0 Å². The number of fused-ring (bicyclic) bond motifs is 1. The van der Waals surface area contributed by atoms with Crippen LogP contribution in [-0.4, -0.2) is 84.6 Å². The lowest BCUT2D eigenvalue weighted by Gasteiger charge is -2.37. The molecular weight excluding hydrogens is 382 g/mol. The Balaban J connectivity index is 1.34. The Morgan fingerprint density at radius 3 is 2.80 bits per heavy atom. The van der Waals surface area contributed by atoms with Gasteiger partial charge in [0.05, 0.1) is 31.6 Å². The fourth-order valence-corrected chi connectivity index (χ4v) is 5.48. The molecule has 3 fully saturated rings. The maximum Gasteiger partial charge on any atom is 0.230 e. The van der Waals surface area contributed by atoms with Crippen molar-refractivity contribution in [1.82, 2.24) is 14.7 Å². The molecule has 1 aromatic rings. The van der Waals surface area contributed by atoms with Crippen LogP contribution in [-0.2, 0) is 20.9 Å². The summed E-state index contributed by atoms with van der Waals surface area (Å²) in [5.74, 6) is 0.0356. The molecule has 4 aliphatic rings. The van der Waals surface area contributed by atoms with E-state index >= 15 is 0 Å². The normalized spacial score (nSPS) is 32.7. The van der Waals surface area contributed by atoms with Crippen molar-refractivity contribution < 1.29 is 19.1 Å². The van der Waals surface area contributed by atoms with Crippen LogP contribution in [0.2, 0.25) is 0 Å². The van der Waals surface area contributed by atoms with Crippen molar-refractivity contribution in [2.45, 2.75) is 25.2 Å². The lowest BCUT2D eigenvalue weighted by atomic mass is 9.76. The van der Waals surface area contributed by atoms with Gasteiger partial charge >= 0.3 is 0 Å². The molecule has 0 aliphatic carbocycles. The minimum Gasteiger partial charge on any atom is -0.497 e. The third kappa shape index (κ3) is 3.03. The molecule has 0 unspecified atom stereocenters. The summed E-state index contributed by atoms with van der Waals surface area (Å²) in [6, 6.07) is 7.76. The Labute approximate surface area is 177 Å². The summed E-state index contributed by atoms with van der Waals surface area (Å²) >= 11 is 0. The first-order valence-corrected chi connectivity index (χ1v) is 10.8. The number of likely N-dealkylation sites (tertiary alicyclic amines) is 1. The number of carbonyl (C=O) groups excluding carboxylic acids is 2. The molecule has 2 amide bonds. The predicted molar refractivity (Wildman–Crippen MR) is 111 cm³/mol. The van der Waals surface area contributed by atoms with Gasteiger partial charge in [0.25, 0.3) is 0 Å². The van der Waals surface area contributed by atoms with Crippen molar-refractivity contribution in [1.29, 1.82) is 0 Å². The Morgan fingerprint density at radius 1 is 1.27 bits per heavy atom. The molecule has 0 aromatic heterocycles. The Kier molecular flexibility index (Phi) is 4.82. The smallest absolute Gasteiger partial charge is 0.230 e. The van der Waals surface area contributed by atoms with E-state index in [1.807, 2.05) is 46.2 Å². The van der Waals surface area contributed by atoms with Crippen LogP contribution in [0.25, 0.3) is 0 Å². The number of hydrogen-bond acceptors (Lipinski definition) is 5. The quantitative estimate of drug-likeness (QED) is 0.680. The highest BCUT2D eigenvalue weighted by Crippen LogP contribution is 2.52. The second kappa shape index (κ2) is 7.39. The summed E-state index contributed by atoms with van der Waals surface area (Å²) in [7, 11) is 1.64. The number of amides is 2. The van der Waals surface area contributed by atoms with Gasteiger partial charge in [0.1, 0.15) is 11.4 Å². The van der Waals surface area contributed by atoms with Gasteiger partial charge in [-0.2, -0.15) is 0 Å². The molecule has 3 saturated heterocycles. The first-order chi connectivity index (χ1) is 14.5. The van der Waals surface area contributed by atoms with Crippen molar-refractivity contribution in [2.24, 2.45) is 11.8 Å². The number of likely N-dealkylation sites (N-methyl/N-ethyl adjacent to an activating group) is 1. The Hall–Kier alpha value is -2.38. The SMILES string of the molecule is CCN1CCN(C(=O)[C@@H]2[C@@H]3C=C[C@@]4(CN(Cc5cccc(OC)c5)C(=O)[C@H]24)O3)CC1. The topological polar surface area (TPSA) is 62.3 Å². The molecule has 7 nitrogen and oxygen atoms in total. The molecule has 4 atom stereocenters. The fraction of sp³-hybridized carbons (Fsp3) is 0.565. The van der Waals surface area contributed by atoms with Crippen molar-refractivity contribution in [2.75, 3.05) is 46.4 Å². The number of rotatable bonds is 5. The zero-order chi connectivity index (χ0) is 20.9. The average Bonchev–Trinajstić information content (AvgIpc) is 3.42. The molecule has 0 radical (unpaired) electrons. The monoisotopic (exact) mass is 411 g/mol. The summed E-state index contributed by atoms with van der Waals surface area (Å²) in [5.41, 5.74) is 0.350. The highest BCUT2D eigenvalue weighted by molar-refractivity contribution is 5.93. The van der Waals surface area contributed by atoms with E-state index in [2.05, 4.69) is 11.8 Å². The number of nitrogens with zero attached hydrogens (tertiary/aromatic N) is 3. The van der Waals surface area contributed by atoms with Gasteiger partial charge in [-0.1, -0.05) is 31.2 Å². The van der Waals surface area contributed by atoms with E-state index in [0.29, 0.717) is 13.1 Å². The van der Waals surface area contributed by atoms with Crippen LogP contribution in [0.1, 0.15) is 12.5 Å². The average molecular weight is 412 g/mol. The van der Waals surface area contributed by atoms with Gasteiger partial charge in [-0.15, -0.1) is 0 Å². The Bertz CT molecular complexity index is 879. The van der Waals surface area contributed by atoms with Crippen molar-refractivity contribution in [3.8, 4) is 5.75 Å². The molecule has 0 N–H and O–H groups in total. The van der Waals surface area contributed by atoms with Gasteiger partial charge < -0.3 is 24.2 Å². The van der Waals surface area contributed by atoms with E-state index in [9.17, 15) is 9.59 Å². The molecule has 30 heavy (non-hydrogen) atoms. The van der Waals surface area contributed by atoms with Crippen LogP contribution >= 0.6 is 0 Å². The fourth-order valence-electron chi connectivity index (χ4n) is 5.48. The molecular formula is C23H29N3O4. The highest BCUT2D eigenvalue weighted by atomic mass is 16.5. The number of hydrogen-bond donors (Lipinski definition) is 0. The summed E-state index contributed by atoms with van der Waals surface area (Å²) in [4.78, 5) is 33.0. The minimum absolute atomic E-state index is 0.0233. The first kappa shape index (κ1) is 19.6. The standard InChI is InChI=1S/C23H29N3O4/c1-3-24-9-11-25(12-10-24)21(27)19-18-7-8-23(30-18)15-26(22(28)20(19)23)14-16-5-4-6-17(13-16)29-2/h4-8,13,18-20H,3,9-12,14-15H2,1-2H3/t18-,19+,20-,23-/m0/s1. The number of carbonyl (C=O) groups is 2. The molecule has 0 saturated carbocycles. The van der Waals surface area contributed by atoms with E-state index in [0.717, 1.165) is 44.0 Å². The van der Waals surface area contributed by atoms with Crippen LogP contribution < -0.4 is 4.74 Å². The third-order valence-electron chi connectivity index (χ3n) is 7.10. The van der Waals surface area contributed by atoms with Gasteiger partial charge in [-0.25, -0.2) is 0 Å². The minimum atomic E-state index is -0.661. The van der Waals surface area contributed by atoms with Crippen molar-refractivity contribution in [3.63, 3.8) is 0 Å². The second-order valence-electron chi connectivity index (χ2n) is 8.71. The van der Waals surface area contributed by atoms with E-state index in [-0.39, 0.29) is 17.9 Å². The predicted octanol–water partition coefficient (Wildman–Crippen LogP) is 1.14. The molecule has 1 aromatic carbocycles. The van der Waals surface area contributed by atoms with E-state index in [4.69, 9.17) is 9.47 Å². The number of piperazine rings is 1. The zero-order valence-electron chi connectivity index (χ0n) is 17.6. The zero-order valence-corrected chi connectivity index (χ0v) is 17.6. The summed E-state index contributed by atoms with van der Waals surface area (Å²) in [6.07, 6.45) is 3.73. The van der Waals surface area contributed by atoms with E-state index in [1.165, 1.54) is 0 Å². The molecule has 7 heteroatoms. The van der Waals surface area contributed by atoms with E-state index in [1.54, 1.807) is 7.11 Å². The van der Waals surface area contributed by atoms with Gasteiger partial charge in [0.2, 0.25) is 11.8 Å². The van der Waals surface area contributed by atoms with Crippen molar-refractivity contribution >= 4 is 11.8 Å². The van der Waals surface area contributed by atoms with E-state index < -0.39 is 17.4 Å². The molecule has 1 spiro atoms. The summed E-state index contributed by atoms with van der Waals surface area (Å²) in [5, 5.41) is 0. The maximum atomic E-state index is 13.4. The summed E-state index contributed by atoms with van der Waals surface area (Å²) < 4.78 is 11.6. The maximum absolute atomic E-state index is 13.4. The molecule has 160 valence electrons. The lowest BCUT2D eigenvalue weighted by molar-refractivity contribution is -0.144. The van der Waals surface area contributed by atoms with Gasteiger partial charge in [0.15, 0.2) is 0 Å². The van der Waals surface area contributed by atoms with Crippen LogP contribution in [0.15, 0.2) is 36.4 Å². The highest BCUT2D eigenvalue weighted by Gasteiger charge is 2.67. The lowest BCUT2D eigenvalue weighted by Crippen LogP contribution is -2.53. The van der Waals surface area contributed by atoms with Crippen LogP contribution in [0.5, 0.6) is 5.75 Å². The van der Waals surface area contributed by atoms with Crippen molar-refractivity contribution in [3.05, 3.63) is 42.0 Å². The second-order valence-corrected chi connectivity index (χ2v) is 8.71. The molecule has 5 rings (SSSR count). The Morgan fingerprint density at radius 2 is 2.07 bits per heavy atom. The third-order valence-corrected chi connectivity index (χ3v) is 7.10. The van der Waals surface area contributed by atoms with Gasteiger partial charge in [-0.05, 0) is 24.2 Å². The number of benzene rings is 1. The van der Waals surface area contributed by atoms with Gasteiger partial charge in [0, 0.05) is 32.7 Å². The van der Waals surface area contributed by atoms with Crippen LogP contribution in [0, 0.1) is 11.8 Å². The molecule has 4 aliphatic heterocycles. The van der Waals surface area contributed by atoms with Gasteiger partial charge in [-0.3, -0.25) is 9.59 Å².